The van der Waals surface area contributed by atoms with Crippen LogP contribution < -0.4 is 10.1 Å². The first kappa shape index (κ1) is 16.0. The van der Waals surface area contributed by atoms with E-state index in [0.717, 1.165) is 41.8 Å². The number of halogens is 1. The van der Waals surface area contributed by atoms with Crippen LogP contribution in [0.15, 0.2) is 10.5 Å². The van der Waals surface area contributed by atoms with Crippen molar-refractivity contribution in [2.24, 2.45) is 0 Å². The number of hydrogen-bond acceptors (Lipinski definition) is 4. The molecule has 1 N–H and O–H groups in total. The topological polar surface area (TPSA) is 74.0 Å². The molecule has 1 amide bonds. The summed E-state index contributed by atoms with van der Waals surface area (Å²) in [6.07, 6.45) is 1.73. The minimum absolute atomic E-state index is 0.162. The zero-order valence-corrected chi connectivity index (χ0v) is 14.9. The molecule has 0 saturated carbocycles. The largest absolute Gasteiger partial charge is 0.478 e. The predicted octanol–water partition coefficient (Wildman–Crippen LogP) is 2.06. The Morgan fingerprint density at radius 3 is 2.96 bits per heavy atom. The highest BCUT2D eigenvalue weighted by atomic mass is 79.9. The number of rotatable bonds is 5. The molecular formula is C15H20BrN5O2. The quantitative estimate of drug-likeness (QED) is 0.804. The second kappa shape index (κ2) is 6.74. The minimum Gasteiger partial charge on any atom is -0.478 e. The van der Waals surface area contributed by atoms with Crippen LogP contribution in [-0.4, -0.2) is 38.6 Å². The summed E-state index contributed by atoms with van der Waals surface area (Å²) in [4.78, 5) is 12.1. The van der Waals surface area contributed by atoms with Crippen molar-refractivity contribution >= 4 is 21.8 Å². The fraction of sp³-hybridized carbons (Fsp3) is 0.533. The molecule has 0 bridgehead atoms. The standard InChI is InChI=1S/C15H20BrN5O2/c1-10-14(16)11(2)20(18-10)6-3-5-17-15(22)12-9-13-21(19-12)7-4-8-23-13/h9H,3-8H2,1-2H3,(H,17,22). The van der Waals surface area contributed by atoms with Crippen LogP contribution in [0.3, 0.4) is 0 Å². The summed E-state index contributed by atoms with van der Waals surface area (Å²) in [6, 6.07) is 1.70. The Morgan fingerprint density at radius 1 is 1.43 bits per heavy atom. The molecule has 23 heavy (non-hydrogen) atoms. The Morgan fingerprint density at radius 2 is 2.26 bits per heavy atom. The number of aryl methyl sites for hydroxylation is 3. The van der Waals surface area contributed by atoms with E-state index < -0.39 is 0 Å². The normalized spacial score (nSPS) is 13.5. The van der Waals surface area contributed by atoms with E-state index in [2.05, 4.69) is 31.4 Å². The molecule has 0 fully saturated rings. The highest BCUT2D eigenvalue weighted by molar-refractivity contribution is 9.10. The van der Waals surface area contributed by atoms with Crippen molar-refractivity contribution in [1.82, 2.24) is 24.9 Å². The summed E-state index contributed by atoms with van der Waals surface area (Å²) in [5.74, 6) is 0.513. The average Bonchev–Trinajstić information content (AvgIpc) is 3.08. The molecule has 1 aliphatic rings. The zero-order chi connectivity index (χ0) is 16.4. The lowest BCUT2D eigenvalue weighted by atomic mass is 10.3. The van der Waals surface area contributed by atoms with Gasteiger partial charge < -0.3 is 10.1 Å². The van der Waals surface area contributed by atoms with Crippen LogP contribution in [0.25, 0.3) is 0 Å². The molecule has 0 aliphatic carbocycles. The van der Waals surface area contributed by atoms with Gasteiger partial charge in [-0.2, -0.15) is 10.2 Å². The maximum absolute atomic E-state index is 12.1. The van der Waals surface area contributed by atoms with Crippen LogP contribution >= 0.6 is 15.9 Å². The Balaban J connectivity index is 1.49. The number of fused-ring (bicyclic) bond motifs is 1. The van der Waals surface area contributed by atoms with Crippen LogP contribution in [0.1, 0.15) is 34.7 Å². The Kier molecular flexibility index (Phi) is 4.70. The number of carbonyl (C=O) groups is 1. The van der Waals surface area contributed by atoms with E-state index in [0.29, 0.717) is 24.7 Å². The van der Waals surface area contributed by atoms with E-state index >= 15 is 0 Å². The summed E-state index contributed by atoms with van der Waals surface area (Å²) in [5.41, 5.74) is 2.50. The minimum atomic E-state index is -0.162. The molecule has 8 heteroatoms. The average molecular weight is 382 g/mol. The maximum atomic E-state index is 12.1. The molecule has 0 atom stereocenters. The third kappa shape index (κ3) is 3.41. The first-order valence-electron chi connectivity index (χ1n) is 7.74. The van der Waals surface area contributed by atoms with Gasteiger partial charge in [0.15, 0.2) is 5.69 Å². The van der Waals surface area contributed by atoms with Gasteiger partial charge in [-0.25, -0.2) is 4.68 Å². The van der Waals surface area contributed by atoms with E-state index in [-0.39, 0.29) is 5.91 Å². The van der Waals surface area contributed by atoms with Gasteiger partial charge in [-0.05, 0) is 36.2 Å². The van der Waals surface area contributed by atoms with Gasteiger partial charge in [0.05, 0.1) is 16.8 Å². The molecular weight excluding hydrogens is 362 g/mol. The lowest BCUT2D eigenvalue weighted by Gasteiger charge is -2.13. The van der Waals surface area contributed by atoms with Crippen molar-refractivity contribution in [1.29, 1.82) is 0 Å². The monoisotopic (exact) mass is 381 g/mol. The molecule has 0 spiro atoms. The van der Waals surface area contributed by atoms with Gasteiger partial charge in [-0.3, -0.25) is 9.48 Å². The van der Waals surface area contributed by atoms with Crippen molar-refractivity contribution in [2.75, 3.05) is 13.2 Å². The molecule has 0 radical (unpaired) electrons. The molecule has 0 saturated heterocycles. The zero-order valence-electron chi connectivity index (χ0n) is 13.3. The van der Waals surface area contributed by atoms with Crippen LogP contribution in [0.2, 0.25) is 0 Å². The smallest absolute Gasteiger partial charge is 0.271 e. The van der Waals surface area contributed by atoms with Gasteiger partial charge in [-0.15, -0.1) is 0 Å². The van der Waals surface area contributed by atoms with Crippen molar-refractivity contribution in [3.05, 3.63) is 27.6 Å². The third-order valence-electron chi connectivity index (χ3n) is 3.87. The first-order chi connectivity index (χ1) is 11.1. The molecule has 3 rings (SSSR count). The highest BCUT2D eigenvalue weighted by Gasteiger charge is 2.17. The molecule has 2 aromatic heterocycles. The molecule has 1 aliphatic heterocycles. The number of amides is 1. The second-order valence-electron chi connectivity index (χ2n) is 5.61. The second-order valence-corrected chi connectivity index (χ2v) is 6.40. The third-order valence-corrected chi connectivity index (χ3v) is 5.01. The van der Waals surface area contributed by atoms with Gasteiger partial charge in [0, 0.05) is 37.8 Å². The molecule has 2 aromatic rings. The molecule has 124 valence electrons. The summed E-state index contributed by atoms with van der Waals surface area (Å²) >= 11 is 3.51. The van der Waals surface area contributed by atoms with Gasteiger partial charge in [0.25, 0.3) is 5.91 Å². The van der Waals surface area contributed by atoms with E-state index in [1.807, 2.05) is 18.5 Å². The lowest BCUT2D eigenvalue weighted by molar-refractivity contribution is 0.0946. The maximum Gasteiger partial charge on any atom is 0.271 e. The van der Waals surface area contributed by atoms with Crippen molar-refractivity contribution in [3.8, 4) is 5.88 Å². The number of aromatic nitrogens is 4. The summed E-state index contributed by atoms with van der Waals surface area (Å²) in [5, 5.41) is 11.6. The summed E-state index contributed by atoms with van der Waals surface area (Å²) in [6.45, 7) is 6.83. The van der Waals surface area contributed by atoms with Crippen LogP contribution in [0.5, 0.6) is 5.88 Å². The highest BCUT2D eigenvalue weighted by Crippen LogP contribution is 2.20. The SMILES string of the molecule is Cc1nn(CCCNC(=O)c2cc3n(n2)CCCO3)c(C)c1Br. The number of hydrogen-bond donors (Lipinski definition) is 1. The number of nitrogens with zero attached hydrogens (tertiary/aromatic N) is 4. The molecule has 0 aromatic carbocycles. The van der Waals surface area contributed by atoms with Gasteiger partial charge in [-0.1, -0.05) is 0 Å². The fourth-order valence-corrected chi connectivity index (χ4v) is 2.88. The Hall–Kier alpha value is -1.83. The first-order valence-corrected chi connectivity index (χ1v) is 8.54. The van der Waals surface area contributed by atoms with E-state index in [9.17, 15) is 4.79 Å². The summed E-state index contributed by atoms with van der Waals surface area (Å²) < 4.78 is 10.2. The Labute approximate surface area is 143 Å². The van der Waals surface area contributed by atoms with Crippen LogP contribution in [0.4, 0.5) is 0 Å². The van der Waals surface area contributed by atoms with E-state index in [4.69, 9.17) is 4.74 Å². The fourth-order valence-electron chi connectivity index (χ4n) is 2.59. The van der Waals surface area contributed by atoms with Gasteiger partial charge in [0.1, 0.15) is 0 Å². The Bertz CT molecular complexity index is 698. The van der Waals surface area contributed by atoms with Crippen LogP contribution in [-0.2, 0) is 13.1 Å². The molecule has 7 nitrogen and oxygen atoms in total. The van der Waals surface area contributed by atoms with Crippen LogP contribution in [0, 0.1) is 13.8 Å². The number of carbonyl (C=O) groups excluding carboxylic acids is 1. The van der Waals surface area contributed by atoms with E-state index in [1.165, 1.54) is 0 Å². The molecule has 3 heterocycles. The van der Waals surface area contributed by atoms with Crippen molar-refractivity contribution in [3.63, 3.8) is 0 Å². The van der Waals surface area contributed by atoms with Crippen molar-refractivity contribution < 1.29 is 9.53 Å². The molecule has 0 unspecified atom stereocenters. The van der Waals surface area contributed by atoms with E-state index in [1.54, 1.807) is 10.7 Å². The predicted molar refractivity (Wildman–Crippen MR) is 88.7 cm³/mol. The van der Waals surface area contributed by atoms with Gasteiger partial charge in [0.2, 0.25) is 5.88 Å². The summed E-state index contributed by atoms with van der Waals surface area (Å²) in [7, 11) is 0. The number of ether oxygens (including phenoxy) is 1. The van der Waals surface area contributed by atoms with Gasteiger partial charge >= 0.3 is 0 Å². The van der Waals surface area contributed by atoms with Crippen molar-refractivity contribution in [2.45, 2.75) is 39.8 Å². The lowest BCUT2D eigenvalue weighted by Crippen LogP contribution is -2.26. The number of nitrogens with one attached hydrogen (secondary N) is 1.